The number of ether oxygens (including phenoxy) is 1. The summed E-state index contributed by atoms with van der Waals surface area (Å²) in [4.78, 5) is 7.99. The van der Waals surface area contributed by atoms with Crippen LogP contribution < -0.4 is 9.80 Å². The Labute approximate surface area is 222 Å². The van der Waals surface area contributed by atoms with Gasteiger partial charge in [0.25, 0.3) is 0 Å². The number of rotatable bonds is 9. The van der Waals surface area contributed by atoms with Crippen molar-refractivity contribution in [1.82, 2.24) is 4.90 Å². The van der Waals surface area contributed by atoms with Crippen LogP contribution in [0.15, 0.2) is 18.2 Å². The highest BCUT2D eigenvalue weighted by atomic mass is 35.5. The van der Waals surface area contributed by atoms with E-state index >= 15 is 0 Å². The lowest BCUT2D eigenvalue weighted by molar-refractivity contribution is 0.139. The number of halogens is 1. The fraction of sp³-hybridized carbons (Fsp3) is 0.800. The Morgan fingerprint density at radius 3 is 2.09 bits per heavy atom. The summed E-state index contributed by atoms with van der Waals surface area (Å²) in [7, 11) is 1.84. The summed E-state index contributed by atoms with van der Waals surface area (Å²) in [5.41, 5.74) is 5.26. The molecule has 5 heteroatoms. The minimum atomic E-state index is 0. The molecule has 4 rings (SSSR count). The van der Waals surface area contributed by atoms with Crippen molar-refractivity contribution < 1.29 is 4.74 Å². The Balaban J connectivity index is 0.00000342. The average molecular weight is 506 g/mol. The zero-order valence-corrected chi connectivity index (χ0v) is 23.9. The van der Waals surface area contributed by atoms with Crippen LogP contribution in [-0.2, 0) is 4.74 Å². The van der Waals surface area contributed by atoms with Crippen LogP contribution >= 0.6 is 12.4 Å². The zero-order chi connectivity index (χ0) is 24.0. The average Bonchev–Trinajstić information content (AvgIpc) is 2.90. The van der Waals surface area contributed by atoms with Crippen molar-refractivity contribution in [3.8, 4) is 0 Å². The van der Waals surface area contributed by atoms with Gasteiger partial charge in [0.05, 0.1) is 0 Å². The molecule has 1 aromatic rings. The molecule has 2 aliphatic heterocycles. The van der Waals surface area contributed by atoms with Crippen molar-refractivity contribution in [3.05, 3.63) is 23.8 Å². The van der Waals surface area contributed by atoms with Gasteiger partial charge in [0.2, 0.25) is 0 Å². The summed E-state index contributed by atoms with van der Waals surface area (Å²) in [5.74, 6) is 1.45. The molecular formula is C30H52ClN3O. The molecule has 0 radical (unpaired) electrons. The molecule has 0 aromatic heterocycles. The maximum absolute atomic E-state index is 5.43. The van der Waals surface area contributed by atoms with E-state index in [1.807, 2.05) is 7.11 Å². The third kappa shape index (κ3) is 6.87. The lowest BCUT2D eigenvalue weighted by Gasteiger charge is -2.42. The van der Waals surface area contributed by atoms with E-state index in [0.717, 1.165) is 18.4 Å². The monoisotopic (exact) mass is 505 g/mol. The van der Waals surface area contributed by atoms with Crippen LogP contribution in [0.25, 0.3) is 0 Å². The molecule has 0 N–H and O–H groups in total. The molecule has 0 bridgehead atoms. The molecule has 2 saturated heterocycles. The predicted molar refractivity (Wildman–Crippen MR) is 154 cm³/mol. The van der Waals surface area contributed by atoms with E-state index < -0.39 is 0 Å². The van der Waals surface area contributed by atoms with E-state index in [2.05, 4.69) is 53.7 Å². The zero-order valence-electron chi connectivity index (χ0n) is 23.1. The van der Waals surface area contributed by atoms with E-state index in [4.69, 9.17) is 4.74 Å². The molecule has 0 atom stereocenters. The highest BCUT2D eigenvalue weighted by Gasteiger charge is 2.34. The molecule has 200 valence electrons. The van der Waals surface area contributed by atoms with Crippen molar-refractivity contribution in [1.29, 1.82) is 0 Å². The standard InChI is InChI=1S/C30H51N3O.ClH/c1-5-16-31-19-21-33(22-20-31)29-9-8-27(32-17-12-25(13-18-32)24-34-4)23-28(29)26-10-14-30(6-2,7-3)15-11-26;/h8-9,23,25-26H,5-7,10-22,24H2,1-4H3;1H. The van der Waals surface area contributed by atoms with E-state index in [0.29, 0.717) is 5.41 Å². The van der Waals surface area contributed by atoms with E-state index in [1.165, 1.54) is 109 Å². The van der Waals surface area contributed by atoms with Gasteiger partial charge in [0, 0.05) is 64.4 Å². The normalized spacial score (nSPS) is 22.3. The summed E-state index contributed by atoms with van der Waals surface area (Å²) >= 11 is 0. The van der Waals surface area contributed by atoms with Crippen LogP contribution in [0, 0.1) is 11.3 Å². The van der Waals surface area contributed by atoms with Crippen LogP contribution in [0.2, 0.25) is 0 Å². The van der Waals surface area contributed by atoms with E-state index in [9.17, 15) is 0 Å². The number of nitrogens with zero attached hydrogens (tertiary/aromatic N) is 3. The summed E-state index contributed by atoms with van der Waals surface area (Å²) in [6, 6.07) is 7.53. The first-order chi connectivity index (χ1) is 16.6. The van der Waals surface area contributed by atoms with Crippen molar-refractivity contribution in [2.75, 3.05) is 69.3 Å². The van der Waals surface area contributed by atoms with Gasteiger partial charge in [-0.25, -0.2) is 0 Å². The number of benzene rings is 1. The molecule has 35 heavy (non-hydrogen) atoms. The van der Waals surface area contributed by atoms with Gasteiger partial charge in [0.1, 0.15) is 0 Å². The lowest BCUT2D eigenvalue weighted by Crippen LogP contribution is -2.47. The Kier molecular flexibility index (Phi) is 11.1. The Morgan fingerprint density at radius 1 is 0.857 bits per heavy atom. The molecule has 2 heterocycles. The molecule has 0 spiro atoms. The van der Waals surface area contributed by atoms with Gasteiger partial charge in [-0.05, 0) is 92.5 Å². The quantitative estimate of drug-likeness (QED) is 0.360. The number of methoxy groups -OCH3 is 1. The Hall–Kier alpha value is -0.970. The van der Waals surface area contributed by atoms with Gasteiger partial charge in [0.15, 0.2) is 0 Å². The first-order valence-electron chi connectivity index (χ1n) is 14.5. The highest BCUT2D eigenvalue weighted by Crippen LogP contribution is 2.49. The van der Waals surface area contributed by atoms with Crippen LogP contribution in [0.4, 0.5) is 11.4 Å². The van der Waals surface area contributed by atoms with Gasteiger partial charge in [-0.3, -0.25) is 4.90 Å². The van der Waals surface area contributed by atoms with Crippen LogP contribution in [0.1, 0.15) is 90.0 Å². The minimum Gasteiger partial charge on any atom is -0.384 e. The number of piperidine rings is 1. The molecule has 3 aliphatic rings. The number of anilines is 2. The molecule has 4 nitrogen and oxygen atoms in total. The van der Waals surface area contributed by atoms with Crippen molar-refractivity contribution >= 4 is 23.8 Å². The molecule has 1 aliphatic carbocycles. The summed E-state index contributed by atoms with van der Waals surface area (Å²) in [6.07, 6.45) is 12.0. The largest absolute Gasteiger partial charge is 0.384 e. The lowest BCUT2D eigenvalue weighted by atomic mass is 9.66. The Bertz CT molecular complexity index is 742. The first-order valence-corrected chi connectivity index (χ1v) is 14.5. The van der Waals surface area contributed by atoms with Gasteiger partial charge in [-0.1, -0.05) is 33.6 Å². The second-order valence-electron chi connectivity index (χ2n) is 11.4. The fourth-order valence-electron chi connectivity index (χ4n) is 6.97. The minimum absolute atomic E-state index is 0. The van der Waals surface area contributed by atoms with Crippen LogP contribution in [-0.4, -0.2) is 64.4 Å². The van der Waals surface area contributed by atoms with Crippen LogP contribution in [0.3, 0.4) is 0 Å². The predicted octanol–water partition coefficient (Wildman–Crippen LogP) is 6.97. The molecule has 1 saturated carbocycles. The van der Waals surface area contributed by atoms with E-state index in [-0.39, 0.29) is 12.4 Å². The number of piperazine rings is 1. The molecule has 1 aromatic carbocycles. The summed E-state index contributed by atoms with van der Waals surface area (Å²) in [5, 5.41) is 0. The summed E-state index contributed by atoms with van der Waals surface area (Å²) < 4.78 is 5.43. The van der Waals surface area contributed by atoms with E-state index in [1.54, 1.807) is 11.3 Å². The molecular weight excluding hydrogens is 454 g/mol. The van der Waals surface area contributed by atoms with Gasteiger partial charge in [-0.15, -0.1) is 12.4 Å². The molecule has 0 amide bonds. The number of hydrogen-bond acceptors (Lipinski definition) is 4. The first kappa shape index (κ1) is 28.6. The maximum Gasteiger partial charge on any atom is 0.0491 e. The van der Waals surface area contributed by atoms with Gasteiger partial charge in [-0.2, -0.15) is 0 Å². The topological polar surface area (TPSA) is 19.0 Å². The third-order valence-corrected chi connectivity index (χ3v) is 9.63. The van der Waals surface area contributed by atoms with Gasteiger partial charge >= 0.3 is 0 Å². The maximum atomic E-state index is 5.43. The van der Waals surface area contributed by atoms with Crippen molar-refractivity contribution in [3.63, 3.8) is 0 Å². The fourth-order valence-corrected chi connectivity index (χ4v) is 6.97. The third-order valence-electron chi connectivity index (χ3n) is 9.63. The highest BCUT2D eigenvalue weighted by molar-refractivity contribution is 5.85. The van der Waals surface area contributed by atoms with Crippen LogP contribution in [0.5, 0.6) is 0 Å². The second kappa shape index (κ2) is 13.5. The van der Waals surface area contributed by atoms with Crippen molar-refractivity contribution in [2.45, 2.75) is 84.5 Å². The SMILES string of the molecule is CCCN1CCN(c2ccc(N3CCC(COC)CC3)cc2C2CCC(CC)(CC)CC2)CC1.Cl. The molecule has 0 unspecified atom stereocenters. The smallest absolute Gasteiger partial charge is 0.0491 e. The van der Waals surface area contributed by atoms with Gasteiger partial charge < -0.3 is 14.5 Å². The summed E-state index contributed by atoms with van der Waals surface area (Å²) in [6.45, 7) is 16.4. The van der Waals surface area contributed by atoms with Crippen molar-refractivity contribution in [2.24, 2.45) is 11.3 Å². The Morgan fingerprint density at radius 2 is 1.51 bits per heavy atom. The number of hydrogen-bond donors (Lipinski definition) is 0. The molecule has 3 fully saturated rings. The second-order valence-corrected chi connectivity index (χ2v) is 11.4.